The van der Waals surface area contributed by atoms with Crippen LogP contribution in [0.3, 0.4) is 0 Å². The maximum absolute atomic E-state index is 4.64. The number of imidazole rings is 1. The summed E-state index contributed by atoms with van der Waals surface area (Å²) in [7, 11) is 2.04. The molecule has 0 saturated heterocycles. The standard InChI is InChI=1S/C13H21N3S2/c1-10(2)8-17-9-12(14-3)6-11-7-16-4-5-18-13(16)15-11/h4-5,7,10,12,14H,6,8-9H2,1-3H3. The Kier molecular flexibility index (Phi) is 5.09. The Morgan fingerprint density at radius 1 is 1.44 bits per heavy atom. The van der Waals surface area contributed by atoms with Crippen molar-refractivity contribution in [2.24, 2.45) is 5.92 Å². The lowest BCUT2D eigenvalue weighted by Gasteiger charge is -2.15. The number of hydrogen-bond donors (Lipinski definition) is 1. The van der Waals surface area contributed by atoms with E-state index in [1.807, 2.05) is 18.8 Å². The fourth-order valence-corrected chi connectivity index (χ4v) is 3.71. The normalized spacial score (nSPS) is 13.6. The molecule has 2 aromatic rings. The van der Waals surface area contributed by atoms with Gasteiger partial charge in [-0.05, 0) is 18.7 Å². The topological polar surface area (TPSA) is 29.3 Å². The SMILES string of the molecule is CNC(CSCC(C)C)Cc1cn2ccsc2n1. The van der Waals surface area contributed by atoms with Crippen LogP contribution in [0.15, 0.2) is 17.8 Å². The van der Waals surface area contributed by atoms with Crippen molar-refractivity contribution in [1.82, 2.24) is 14.7 Å². The molecule has 1 N–H and O–H groups in total. The second-order valence-corrected chi connectivity index (χ2v) is 6.89. The number of nitrogens with one attached hydrogen (secondary N) is 1. The quantitative estimate of drug-likeness (QED) is 0.847. The molecule has 0 radical (unpaired) electrons. The van der Waals surface area contributed by atoms with Crippen LogP contribution >= 0.6 is 23.1 Å². The summed E-state index contributed by atoms with van der Waals surface area (Å²) in [6.45, 7) is 4.54. The minimum Gasteiger partial charge on any atom is -0.316 e. The number of thiazole rings is 1. The van der Waals surface area contributed by atoms with E-state index in [4.69, 9.17) is 0 Å². The fourth-order valence-electron chi connectivity index (χ4n) is 1.82. The van der Waals surface area contributed by atoms with Crippen molar-refractivity contribution in [1.29, 1.82) is 0 Å². The Morgan fingerprint density at radius 2 is 2.28 bits per heavy atom. The van der Waals surface area contributed by atoms with E-state index >= 15 is 0 Å². The molecule has 100 valence electrons. The molecule has 0 aliphatic heterocycles. The van der Waals surface area contributed by atoms with Crippen molar-refractivity contribution >= 4 is 28.1 Å². The van der Waals surface area contributed by atoms with E-state index in [0.717, 1.165) is 23.1 Å². The van der Waals surface area contributed by atoms with Gasteiger partial charge in [0, 0.05) is 36.0 Å². The highest BCUT2D eigenvalue weighted by Crippen LogP contribution is 2.15. The summed E-state index contributed by atoms with van der Waals surface area (Å²) in [5.41, 5.74) is 1.19. The van der Waals surface area contributed by atoms with Crippen LogP contribution in [0.2, 0.25) is 0 Å². The molecule has 0 spiro atoms. The second kappa shape index (κ2) is 6.59. The molecule has 1 unspecified atom stereocenters. The van der Waals surface area contributed by atoms with E-state index in [1.54, 1.807) is 11.3 Å². The number of nitrogens with zero attached hydrogens (tertiary/aromatic N) is 2. The van der Waals surface area contributed by atoms with Crippen LogP contribution < -0.4 is 5.32 Å². The molecular weight excluding hydrogens is 262 g/mol. The maximum Gasteiger partial charge on any atom is 0.193 e. The van der Waals surface area contributed by atoms with Crippen LogP contribution in [0.5, 0.6) is 0 Å². The summed E-state index contributed by atoms with van der Waals surface area (Å²) in [4.78, 5) is 5.73. The smallest absolute Gasteiger partial charge is 0.193 e. The van der Waals surface area contributed by atoms with Crippen molar-refractivity contribution in [3.63, 3.8) is 0 Å². The summed E-state index contributed by atoms with van der Waals surface area (Å²) in [5, 5.41) is 5.46. The van der Waals surface area contributed by atoms with Gasteiger partial charge in [-0.15, -0.1) is 11.3 Å². The van der Waals surface area contributed by atoms with Crippen LogP contribution in [0.4, 0.5) is 0 Å². The zero-order valence-corrected chi connectivity index (χ0v) is 12.9. The molecule has 0 aliphatic carbocycles. The highest BCUT2D eigenvalue weighted by atomic mass is 32.2. The lowest BCUT2D eigenvalue weighted by atomic mass is 10.2. The molecule has 5 heteroatoms. The van der Waals surface area contributed by atoms with E-state index in [1.165, 1.54) is 11.4 Å². The average Bonchev–Trinajstić information content (AvgIpc) is 2.87. The Bertz CT molecular complexity index is 447. The first-order valence-electron chi connectivity index (χ1n) is 6.35. The third-order valence-electron chi connectivity index (χ3n) is 2.78. The maximum atomic E-state index is 4.64. The molecule has 0 amide bonds. The van der Waals surface area contributed by atoms with Gasteiger partial charge in [-0.1, -0.05) is 13.8 Å². The van der Waals surface area contributed by atoms with Gasteiger partial charge in [-0.3, -0.25) is 4.40 Å². The van der Waals surface area contributed by atoms with Crippen molar-refractivity contribution in [3.8, 4) is 0 Å². The van der Waals surface area contributed by atoms with Gasteiger partial charge in [0.05, 0.1) is 5.69 Å². The highest BCUT2D eigenvalue weighted by molar-refractivity contribution is 7.99. The van der Waals surface area contributed by atoms with Gasteiger partial charge in [0.25, 0.3) is 0 Å². The van der Waals surface area contributed by atoms with Gasteiger partial charge < -0.3 is 5.32 Å². The highest BCUT2D eigenvalue weighted by Gasteiger charge is 2.11. The van der Waals surface area contributed by atoms with Gasteiger partial charge >= 0.3 is 0 Å². The number of likely N-dealkylation sites (N-methyl/N-ethyl adjacent to an activating group) is 1. The molecule has 18 heavy (non-hydrogen) atoms. The van der Waals surface area contributed by atoms with Crippen molar-refractivity contribution < 1.29 is 0 Å². The van der Waals surface area contributed by atoms with Crippen LogP contribution in [0.25, 0.3) is 4.96 Å². The molecule has 2 aromatic heterocycles. The molecule has 2 rings (SSSR count). The predicted octanol–water partition coefficient (Wildman–Crippen LogP) is 2.92. The third kappa shape index (κ3) is 3.73. The Morgan fingerprint density at radius 3 is 2.94 bits per heavy atom. The van der Waals surface area contributed by atoms with Gasteiger partial charge in [0.2, 0.25) is 0 Å². The Hall–Kier alpha value is -0.520. The van der Waals surface area contributed by atoms with E-state index in [9.17, 15) is 0 Å². The second-order valence-electron chi connectivity index (χ2n) is 4.95. The summed E-state index contributed by atoms with van der Waals surface area (Å²) in [5.74, 6) is 3.15. The monoisotopic (exact) mass is 283 g/mol. The first-order valence-corrected chi connectivity index (χ1v) is 8.38. The van der Waals surface area contributed by atoms with E-state index in [0.29, 0.717) is 6.04 Å². The van der Waals surface area contributed by atoms with Crippen molar-refractivity contribution in [2.45, 2.75) is 26.3 Å². The first-order chi connectivity index (χ1) is 8.69. The molecule has 1 atom stereocenters. The molecule has 0 saturated carbocycles. The molecule has 0 aromatic carbocycles. The summed E-state index contributed by atoms with van der Waals surface area (Å²) < 4.78 is 2.11. The number of fused-ring (bicyclic) bond motifs is 1. The number of thioether (sulfide) groups is 1. The average molecular weight is 283 g/mol. The van der Waals surface area contributed by atoms with Gasteiger partial charge in [-0.25, -0.2) is 4.98 Å². The lowest BCUT2D eigenvalue weighted by molar-refractivity contribution is 0.609. The predicted molar refractivity (Wildman–Crippen MR) is 81.8 cm³/mol. The molecule has 0 aliphatic rings. The summed E-state index contributed by atoms with van der Waals surface area (Å²) >= 11 is 3.72. The van der Waals surface area contributed by atoms with Gasteiger partial charge in [0.1, 0.15) is 0 Å². The minimum absolute atomic E-state index is 0.512. The molecule has 0 fully saturated rings. The van der Waals surface area contributed by atoms with Crippen molar-refractivity contribution in [3.05, 3.63) is 23.5 Å². The number of hydrogen-bond acceptors (Lipinski definition) is 4. The van der Waals surface area contributed by atoms with Crippen LogP contribution in [-0.2, 0) is 6.42 Å². The van der Waals surface area contributed by atoms with Gasteiger partial charge in [0.15, 0.2) is 4.96 Å². The summed E-state index contributed by atoms with van der Waals surface area (Å²) in [6, 6.07) is 0.512. The Balaban J connectivity index is 1.87. The summed E-state index contributed by atoms with van der Waals surface area (Å²) in [6.07, 6.45) is 5.22. The van der Waals surface area contributed by atoms with E-state index in [-0.39, 0.29) is 0 Å². The molecule has 0 bridgehead atoms. The van der Waals surface area contributed by atoms with E-state index in [2.05, 4.69) is 46.3 Å². The van der Waals surface area contributed by atoms with Crippen LogP contribution in [-0.4, -0.2) is 34.0 Å². The van der Waals surface area contributed by atoms with E-state index < -0.39 is 0 Å². The number of rotatable bonds is 7. The largest absolute Gasteiger partial charge is 0.316 e. The molecular formula is C13H21N3S2. The third-order valence-corrected chi connectivity index (χ3v) is 5.09. The molecule has 2 heterocycles. The molecule has 3 nitrogen and oxygen atoms in total. The minimum atomic E-state index is 0.512. The first kappa shape index (κ1) is 13.9. The zero-order chi connectivity index (χ0) is 13.0. The lowest BCUT2D eigenvalue weighted by Crippen LogP contribution is -2.30. The van der Waals surface area contributed by atoms with Gasteiger partial charge in [-0.2, -0.15) is 11.8 Å². The zero-order valence-electron chi connectivity index (χ0n) is 11.2. The van der Waals surface area contributed by atoms with Crippen LogP contribution in [0, 0.1) is 5.92 Å². The van der Waals surface area contributed by atoms with Crippen molar-refractivity contribution in [2.75, 3.05) is 18.6 Å². The van der Waals surface area contributed by atoms with Crippen LogP contribution in [0.1, 0.15) is 19.5 Å². The number of aromatic nitrogens is 2. The fraction of sp³-hybridized carbons (Fsp3) is 0.615. The Labute approximate surface area is 117 Å².